The van der Waals surface area contributed by atoms with Gasteiger partial charge in [0.05, 0.1) is 5.92 Å². The van der Waals surface area contributed by atoms with Crippen LogP contribution in [0.5, 0.6) is 0 Å². The first-order valence-corrected chi connectivity index (χ1v) is 7.06. The maximum Gasteiger partial charge on any atom is 0.307 e. The first-order valence-electron chi connectivity index (χ1n) is 6.68. The standard InChI is InChI=1S/C13H16ClN5O2/c1-2-3-9(13(20)21)10(12-16-18-19-17-12)6-8-4-5-11(14)15-7-8/h4-5,7,9-10H,2-3,6H2,1H3,(H,20,21)(H,16,17,18,19)/t9-,10-/m0/s1. The number of hydrogen-bond donors (Lipinski definition) is 2. The fourth-order valence-electron chi connectivity index (χ4n) is 2.34. The summed E-state index contributed by atoms with van der Waals surface area (Å²) in [4.78, 5) is 15.6. The van der Waals surface area contributed by atoms with Crippen molar-refractivity contribution >= 4 is 17.6 Å². The summed E-state index contributed by atoms with van der Waals surface area (Å²) in [5.41, 5.74) is 0.892. The Labute approximate surface area is 126 Å². The van der Waals surface area contributed by atoms with Crippen LogP contribution in [-0.2, 0) is 11.2 Å². The third-order valence-corrected chi connectivity index (χ3v) is 3.58. The van der Waals surface area contributed by atoms with E-state index in [0.29, 0.717) is 23.8 Å². The fourth-order valence-corrected chi connectivity index (χ4v) is 2.45. The minimum Gasteiger partial charge on any atom is -0.481 e. The highest BCUT2D eigenvalue weighted by Crippen LogP contribution is 2.29. The molecular weight excluding hydrogens is 294 g/mol. The normalized spacial score (nSPS) is 13.8. The maximum absolute atomic E-state index is 11.6. The number of H-pyrrole nitrogens is 1. The second kappa shape index (κ2) is 7.12. The molecule has 2 rings (SSSR count). The zero-order valence-electron chi connectivity index (χ0n) is 11.5. The van der Waals surface area contributed by atoms with Crippen molar-refractivity contribution in [2.24, 2.45) is 5.92 Å². The van der Waals surface area contributed by atoms with Crippen LogP contribution in [0.1, 0.15) is 37.1 Å². The molecule has 0 bridgehead atoms. The van der Waals surface area contributed by atoms with Crippen LogP contribution in [0.25, 0.3) is 0 Å². The Hall–Kier alpha value is -2.02. The molecule has 0 aliphatic heterocycles. The molecule has 0 aliphatic rings. The van der Waals surface area contributed by atoms with Crippen molar-refractivity contribution in [2.45, 2.75) is 32.1 Å². The summed E-state index contributed by atoms with van der Waals surface area (Å²) in [6.07, 6.45) is 3.46. The number of carboxylic acid groups (broad SMARTS) is 1. The molecule has 21 heavy (non-hydrogen) atoms. The second-order valence-corrected chi connectivity index (χ2v) is 5.21. The van der Waals surface area contributed by atoms with Crippen LogP contribution >= 0.6 is 11.6 Å². The molecule has 0 fully saturated rings. The summed E-state index contributed by atoms with van der Waals surface area (Å²) in [7, 11) is 0. The Balaban J connectivity index is 2.27. The van der Waals surface area contributed by atoms with Crippen molar-refractivity contribution in [1.82, 2.24) is 25.6 Å². The van der Waals surface area contributed by atoms with Gasteiger partial charge in [-0.15, -0.1) is 5.10 Å². The van der Waals surface area contributed by atoms with E-state index in [2.05, 4.69) is 25.6 Å². The summed E-state index contributed by atoms with van der Waals surface area (Å²) in [5.74, 6) is -1.26. The predicted molar refractivity (Wildman–Crippen MR) is 75.9 cm³/mol. The molecule has 0 unspecified atom stereocenters. The van der Waals surface area contributed by atoms with Crippen molar-refractivity contribution in [3.8, 4) is 0 Å². The molecule has 0 aromatic carbocycles. The van der Waals surface area contributed by atoms with Gasteiger partial charge in [0.1, 0.15) is 5.15 Å². The van der Waals surface area contributed by atoms with Gasteiger partial charge in [-0.1, -0.05) is 31.0 Å². The van der Waals surface area contributed by atoms with Gasteiger partial charge in [-0.25, -0.2) is 10.1 Å². The number of tetrazole rings is 1. The number of halogens is 1. The van der Waals surface area contributed by atoms with Gasteiger partial charge < -0.3 is 5.11 Å². The largest absolute Gasteiger partial charge is 0.481 e. The average molecular weight is 310 g/mol. The molecule has 0 spiro atoms. The number of nitrogens with one attached hydrogen (secondary N) is 1. The molecule has 2 heterocycles. The van der Waals surface area contributed by atoms with Gasteiger partial charge in [-0.2, -0.15) is 0 Å². The summed E-state index contributed by atoms with van der Waals surface area (Å²) < 4.78 is 0. The first kappa shape index (κ1) is 15.4. The van der Waals surface area contributed by atoms with Crippen LogP contribution in [0, 0.1) is 5.92 Å². The van der Waals surface area contributed by atoms with E-state index < -0.39 is 11.9 Å². The molecule has 7 nitrogen and oxygen atoms in total. The van der Waals surface area contributed by atoms with Crippen molar-refractivity contribution in [3.63, 3.8) is 0 Å². The van der Waals surface area contributed by atoms with Gasteiger partial charge in [0.2, 0.25) is 0 Å². The molecule has 2 aromatic rings. The number of rotatable bonds is 7. The highest BCUT2D eigenvalue weighted by atomic mass is 35.5. The van der Waals surface area contributed by atoms with Gasteiger partial charge in [0, 0.05) is 12.1 Å². The summed E-state index contributed by atoms with van der Waals surface area (Å²) in [5, 5.41) is 23.5. The number of carboxylic acids is 1. The molecule has 0 aliphatic carbocycles. The Morgan fingerprint density at radius 1 is 1.48 bits per heavy atom. The third-order valence-electron chi connectivity index (χ3n) is 3.36. The van der Waals surface area contributed by atoms with E-state index in [0.717, 1.165) is 12.0 Å². The van der Waals surface area contributed by atoms with Crippen LogP contribution in [0.3, 0.4) is 0 Å². The highest BCUT2D eigenvalue weighted by Gasteiger charge is 2.31. The van der Waals surface area contributed by atoms with Crippen molar-refractivity contribution in [3.05, 3.63) is 34.9 Å². The van der Waals surface area contributed by atoms with Gasteiger partial charge >= 0.3 is 5.97 Å². The molecule has 112 valence electrons. The van der Waals surface area contributed by atoms with Crippen molar-refractivity contribution < 1.29 is 9.90 Å². The minimum absolute atomic E-state index is 0.333. The molecule has 0 saturated heterocycles. The van der Waals surface area contributed by atoms with Crippen LogP contribution in [0.2, 0.25) is 5.15 Å². The molecule has 2 atom stereocenters. The lowest BCUT2D eigenvalue weighted by Gasteiger charge is -2.21. The molecular formula is C13H16ClN5O2. The zero-order valence-corrected chi connectivity index (χ0v) is 12.3. The topological polar surface area (TPSA) is 105 Å². The van der Waals surface area contributed by atoms with E-state index in [9.17, 15) is 9.90 Å². The quantitative estimate of drug-likeness (QED) is 0.759. The van der Waals surface area contributed by atoms with E-state index >= 15 is 0 Å². The fraction of sp³-hybridized carbons (Fsp3) is 0.462. The van der Waals surface area contributed by atoms with E-state index in [1.807, 2.05) is 13.0 Å². The maximum atomic E-state index is 11.6. The number of aromatic nitrogens is 5. The van der Waals surface area contributed by atoms with Crippen molar-refractivity contribution in [2.75, 3.05) is 0 Å². The van der Waals surface area contributed by atoms with Gasteiger partial charge in [0.25, 0.3) is 0 Å². The van der Waals surface area contributed by atoms with E-state index in [1.54, 1.807) is 12.3 Å². The van der Waals surface area contributed by atoms with Gasteiger partial charge in [-0.05, 0) is 34.9 Å². The molecule has 0 amide bonds. The monoisotopic (exact) mass is 309 g/mol. The Morgan fingerprint density at radius 2 is 2.29 bits per heavy atom. The lowest BCUT2D eigenvalue weighted by atomic mass is 9.83. The van der Waals surface area contributed by atoms with Gasteiger partial charge in [0.15, 0.2) is 5.82 Å². The third kappa shape index (κ3) is 3.98. The number of aliphatic carboxylic acids is 1. The number of hydrogen-bond acceptors (Lipinski definition) is 5. The number of aromatic amines is 1. The number of nitrogens with zero attached hydrogens (tertiary/aromatic N) is 4. The second-order valence-electron chi connectivity index (χ2n) is 4.82. The Morgan fingerprint density at radius 3 is 2.81 bits per heavy atom. The smallest absolute Gasteiger partial charge is 0.307 e. The zero-order chi connectivity index (χ0) is 15.2. The lowest BCUT2D eigenvalue weighted by molar-refractivity contribution is -0.142. The Bertz CT molecular complexity index is 573. The predicted octanol–water partition coefficient (Wildman–Crippen LogP) is 2.08. The molecule has 2 N–H and O–H groups in total. The Kier molecular flexibility index (Phi) is 5.21. The first-order chi connectivity index (χ1) is 10.1. The number of pyridine rings is 1. The van der Waals surface area contributed by atoms with Crippen LogP contribution in [-0.4, -0.2) is 36.7 Å². The molecule has 0 radical (unpaired) electrons. The van der Waals surface area contributed by atoms with Crippen LogP contribution in [0.15, 0.2) is 18.3 Å². The van der Waals surface area contributed by atoms with Crippen LogP contribution in [0.4, 0.5) is 0 Å². The van der Waals surface area contributed by atoms with E-state index in [1.165, 1.54) is 0 Å². The lowest BCUT2D eigenvalue weighted by Crippen LogP contribution is -2.25. The summed E-state index contributed by atoms with van der Waals surface area (Å²) in [6, 6.07) is 3.51. The van der Waals surface area contributed by atoms with Crippen molar-refractivity contribution in [1.29, 1.82) is 0 Å². The minimum atomic E-state index is -0.847. The van der Waals surface area contributed by atoms with E-state index in [-0.39, 0.29) is 5.92 Å². The number of carbonyl (C=O) groups is 1. The van der Waals surface area contributed by atoms with Gasteiger partial charge in [-0.3, -0.25) is 4.79 Å². The van der Waals surface area contributed by atoms with Crippen LogP contribution < -0.4 is 0 Å². The molecule has 0 saturated carbocycles. The average Bonchev–Trinajstić information content (AvgIpc) is 2.98. The highest BCUT2D eigenvalue weighted by molar-refractivity contribution is 6.29. The van der Waals surface area contributed by atoms with E-state index in [4.69, 9.17) is 11.6 Å². The summed E-state index contributed by atoms with van der Waals surface area (Å²) in [6.45, 7) is 1.95. The SMILES string of the molecule is CCC[C@H](C(=O)O)[C@H](Cc1ccc(Cl)nc1)c1nnn[nH]1. The summed E-state index contributed by atoms with van der Waals surface area (Å²) >= 11 is 5.77. The molecule has 8 heteroatoms. The molecule has 2 aromatic heterocycles.